The van der Waals surface area contributed by atoms with Crippen molar-refractivity contribution < 1.29 is 0 Å². The van der Waals surface area contributed by atoms with Crippen LogP contribution in [0.4, 0.5) is 0 Å². The van der Waals surface area contributed by atoms with Crippen molar-refractivity contribution in [2.75, 3.05) is 13.6 Å². The molecule has 0 spiro atoms. The average Bonchev–Trinajstić information content (AvgIpc) is 3.28. The topological polar surface area (TPSA) is 67.1 Å². The van der Waals surface area contributed by atoms with E-state index in [1.165, 1.54) is 4.88 Å². The van der Waals surface area contributed by atoms with Crippen molar-refractivity contribution in [3.8, 4) is 5.69 Å². The molecule has 0 saturated heterocycles. The summed E-state index contributed by atoms with van der Waals surface area (Å²) in [5.41, 5.74) is 2.04. The Hall–Kier alpha value is -2.38. The van der Waals surface area contributed by atoms with Gasteiger partial charge in [0.05, 0.1) is 16.9 Å². The Morgan fingerprint density at radius 1 is 1.23 bits per heavy atom. The molecule has 3 aromatic rings. The highest BCUT2D eigenvalue weighted by molar-refractivity contribution is 7.11. The van der Waals surface area contributed by atoms with Gasteiger partial charge in [-0.2, -0.15) is 5.10 Å². The molecule has 26 heavy (non-hydrogen) atoms. The second kappa shape index (κ2) is 8.82. The maximum atomic E-state index is 5.92. The molecular weight excluding hydrogens is 368 g/mol. The number of aryl methyl sites for hydroxylation is 1. The number of benzene rings is 1. The van der Waals surface area contributed by atoms with E-state index in [4.69, 9.17) is 11.6 Å². The van der Waals surface area contributed by atoms with Gasteiger partial charge >= 0.3 is 0 Å². The molecule has 0 aliphatic carbocycles. The van der Waals surface area contributed by atoms with Crippen LogP contribution in [0, 0.1) is 6.92 Å². The normalized spacial score (nSPS) is 11.6. The Labute approximate surface area is 162 Å². The van der Waals surface area contributed by atoms with Gasteiger partial charge in [0.25, 0.3) is 0 Å². The van der Waals surface area contributed by atoms with Crippen LogP contribution in [0.3, 0.4) is 0 Å². The molecule has 2 N–H and O–H groups in total. The van der Waals surface area contributed by atoms with E-state index < -0.39 is 0 Å². The monoisotopic (exact) mass is 388 g/mol. The van der Waals surface area contributed by atoms with Crippen molar-refractivity contribution >= 4 is 28.9 Å². The third-order valence-corrected chi connectivity index (χ3v) is 4.94. The first-order valence-electron chi connectivity index (χ1n) is 8.29. The molecule has 0 aliphatic heterocycles. The Bertz CT molecular complexity index is 868. The van der Waals surface area contributed by atoms with Crippen molar-refractivity contribution in [3.63, 3.8) is 0 Å². The summed E-state index contributed by atoms with van der Waals surface area (Å²) in [4.78, 5) is 9.85. The molecule has 0 bridgehead atoms. The molecular formula is C18H21ClN6S. The van der Waals surface area contributed by atoms with E-state index >= 15 is 0 Å². The van der Waals surface area contributed by atoms with Gasteiger partial charge in [-0.05, 0) is 31.2 Å². The number of guanidine groups is 1. The molecule has 0 saturated carbocycles. The number of rotatable bonds is 6. The maximum absolute atomic E-state index is 5.92. The van der Waals surface area contributed by atoms with Gasteiger partial charge < -0.3 is 10.6 Å². The highest BCUT2D eigenvalue weighted by atomic mass is 35.5. The fourth-order valence-corrected chi connectivity index (χ4v) is 3.31. The molecule has 3 rings (SSSR count). The average molecular weight is 389 g/mol. The molecule has 6 nitrogen and oxygen atoms in total. The second-order valence-corrected chi connectivity index (χ2v) is 7.49. The molecule has 0 amide bonds. The summed E-state index contributed by atoms with van der Waals surface area (Å²) in [6.45, 7) is 3.50. The van der Waals surface area contributed by atoms with Gasteiger partial charge in [0.2, 0.25) is 0 Å². The quantitative estimate of drug-likeness (QED) is 0.502. The third kappa shape index (κ3) is 5.06. The van der Waals surface area contributed by atoms with Crippen LogP contribution in [-0.2, 0) is 13.0 Å². The molecule has 0 unspecified atom stereocenters. The summed E-state index contributed by atoms with van der Waals surface area (Å²) < 4.78 is 1.83. The van der Waals surface area contributed by atoms with Crippen molar-refractivity contribution in [1.29, 1.82) is 0 Å². The maximum Gasteiger partial charge on any atom is 0.191 e. The minimum atomic E-state index is 0.642. The van der Waals surface area contributed by atoms with Crippen LogP contribution in [0.15, 0.2) is 47.8 Å². The smallest absolute Gasteiger partial charge is 0.191 e. The van der Waals surface area contributed by atoms with Crippen LogP contribution in [-0.4, -0.2) is 34.3 Å². The summed E-state index contributed by atoms with van der Waals surface area (Å²) in [6, 6.07) is 7.58. The minimum absolute atomic E-state index is 0.642. The first-order valence-corrected chi connectivity index (χ1v) is 9.49. The number of hydrogen-bond acceptors (Lipinski definition) is 4. The number of thiazole rings is 1. The van der Waals surface area contributed by atoms with Crippen LogP contribution in [0.5, 0.6) is 0 Å². The van der Waals surface area contributed by atoms with Crippen molar-refractivity contribution in [2.45, 2.75) is 19.9 Å². The molecule has 2 aromatic heterocycles. The van der Waals surface area contributed by atoms with E-state index in [1.807, 2.05) is 47.5 Å². The zero-order valence-corrected chi connectivity index (χ0v) is 16.3. The summed E-state index contributed by atoms with van der Waals surface area (Å²) in [5, 5.41) is 12.8. The van der Waals surface area contributed by atoms with Crippen molar-refractivity contribution in [1.82, 2.24) is 25.4 Å². The Balaban J connectivity index is 1.48. The van der Waals surface area contributed by atoms with E-state index in [2.05, 4.69) is 32.6 Å². The highest BCUT2D eigenvalue weighted by Gasteiger charge is 2.04. The lowest BCUT2D eigenvalue weighted by atomic mass is 10.3. The predicted octanol–water partition coefficient (Wildman–Crippen LogP) is 3.20. The molecule has 2 heterocycles. The lowest BCUT2D eigenvalue weighted by molar-refractivity contribution is 0.791. The third-order valence-electron chi connectivity index (χ3n) is 3.71. The molecule has 0 radical (unpaired) electrons. The van der Waals surface area contributed by atoms with Gasteiger partial charge in [0.15, 0.2) is 5.96 Å². The first-order chi connectivity index (χ1) is 12.6. The molecule has 0 fully saturated rings. The molecule has 0 atom stereocenters. The largest absolute Gasteiger partial charge is 0.356 e. The van der Waals surface area contributed by atoms with Gasteiger partial charge in [-0.1, -0.05) is 11.6 Å². The number of aliphatic imine (C=N–C) groups is 1. The number of aromatic nitrogens is 3. The number of halogens is 1. The SMILES string of the molecule is CN=C(NCCc1ncc(C)s1)NCc1cnn(-c2ccc(Cl)cc2)c1. The van der Waals surface area contributed by atoms with Crippen molar-refractivity contribution in [3.05, 3.63) is 63.3 Å². The van der Waals surface area contributed by atoms with E-state index in [0.29, 0.717) is 11.6 Å². The number of hydrogen-bond donors (Lipinski definition) is 2. The predicted molar refractivity (Wildman–Crippen MR) is 107 cm³/mol. The fourth-order valence-electron chi connectivity index (χ4n) is 2.40. The van der Waals surface area contributed by atoms with Crippen LogP contribution in [0.25, 0.3) is 5.69 Å². The van der Waals surface area contributed by atoms with E-state index in [-0.39, 0.29) is 0 Å². The van der Waals surface area contributed by atoms with E-state index in [9.17, 15) is 0 Å². The zero-order chi connectivity index (χ0) is 18.4. The van der Waals surface area contributed by atoms with Gasteiger partial charge in [-0.3, -0.25) is 4.99 Å². The van der Waals surface area contributed by atoms with Crippen LogP contribution in [0.2, 0.25) is 5.02 Å². The number of nitrogens with zero attached hydrogens (tertiary/aromatic N) is 4. The molecule has 8 heteroatoms. The van der Waals surface area contributed by atoms with Crippen LogP contribution >= 0.6 is 22.9 Å². The van der Waals surface area contributed by atoms with Gasteiger partial charge in [0, 0.05) is 54.4 Å². The van der Waals surface area contributed by atoms with Gasteiger partial charge in [-0.15, -0.1) is 11.3 Å². The van der Waals surface area contributed by atoms with Crippen LogP contribution < -0.4 is 10.6 Å². The lowest BCUT2D eigenvalue weighted by Gasteiger charge is -2.10. The lowest BCUT2D eigenvalue weighted by Crippen LogP contribution is -2.37. The van der Waals surface area contributed by atoms with E-state index in [1.54, 1.807) is 18.4 Å². The van der Waals surface area contributed by atoms with Gasteiger partial charge in [0.1, 0.15) is 0 Å². The van der Waals surface area contributed by atoms with Crippen molar-refractivity contribution in [2.24, 2.45) is 4.99 Å². The minimum Gasteiger partial charge on any atom is -0.356 e. The molecule has 0 aliphatic rings. The second-order valence-electron chi connectivity index (χ2n) is 5.74. The standard InChI is InChI=1S/C18H21ClN6S/c1-13-9-22-17(26-13)7-8-21-18(20-2)23-10-14-11-24-25(12-14)16-5-3-15(19)4-6-16/h3-6,9,11-12H,7-8,10H2,1-2H3,(H2,20,21,23). The van der Waals surface area contributed by atoms with E-state index in [0.717, 1.165) is 35.2 Å². The first kappa shape index (κ1) is 18.4. The summed E-state index contributed by atoms with van der Waals surface area (Å²) in [6.07, 6.45) is 6.62. The highest BCUT2D eigenvalue weighted by Crippen LogP contribution is 2.13. The Morgan fingerprint density at radius 2 is 2.04 bits per heavy atom. The van der Waals surface area contributed by atoms with Gasteiger partial charge in [-0.25, -0.2) is 9.67 Å². The molecule has 1 aromatic carbocycles. The fraction of sp³-hybridized carbons (Fsp3) is 0.278. The Kier molecular flexibility index (Phi) is 6.25. The summed E-state index contributed by atoms with van der Waals surface area (Å²) in [5.74, 6) is 0.762. The number of nitrogens with one attached hydrogen (secondary N) is 2. The Morgan fingerprint density at radius 3 is 2.73 bits per heavy atom. The van der Waals surface area contributed by atoms with Crippen LogP contribution in [0.1, 0.15) is 15.4 Å². The summed E-state index contributed by atoms with van der Waals surface area (Å²) in [7, 11) is 1.76. The zero-order valence-electron chi connectivity index (χ0n) is 14.7. The summed E-state index contributed by atoms with van der Waals surface area (Å²) >= 11 is 7.65. The molecule has 136 valence electrons.